The maximum atomic E-state index is 13.1. The quantitative estimate of drug-likeness (QED) is 0.256. The predicted octanol–water partition coefficient (Wildman–Crippen LogP) is 1.62. The van der Waals surface area contributed by atoms with Crippen LogP contribution in [-0.2, 0) is 4.79 Å². The fourth-order valence-corrected chi connectivity index (χ4v) is 5.18. The normalized spacial score (nSPS) is 19.3. The minimum Gasteiger partial charge on any atom is -0.355 e. The Hall–Kier alpha value is -4.16. The number of hydrazone groups is 1. The predicted molar refractivity (Wildman–Crippen MR) is 150 cm³/mol. The van der Waals surface area contributed by atoms with Crippen molar-refractivity contribution < 1.29 is 4.79 Å². The molecule has 5 heterocycles. The van der Waals surface area contributed by atoms with E-state index in [4.69, 9.17) is 11.7 Å². The average molecular weight is 518 g/mol. The summed E-state index contributed by atoms with van der Waals surface area (Å²) >= 11 is 0. The van der Waals surface area contributed by atoms with Crippen LogP contribution >= 0.6 is 0 Å². The van der Waals surface area contributed by atoms with Gasteiger partial charge >= 0.3 is 0 Å². The maximum absolute atomic E-state index is 13.1. The van der Waals surface area contributed by atoms with Crippen LogP contribution in [0.1, 0.15) is 20.8 Å². The number of aromatic nitrogens is 3. The lowest BCUT2D eigenvalue weighted by Gasteiger charge is -2.56. The number of hydrogen-bond acceptors (Lipinski definition) is 8. The number of aromatic amines is 1. The lowest BCUT2D eigenvalue weighted by atomic mass is 9.74. The van der Waals surface area contributed by atoms with E-state index in [1.54, 1.807) is 11.9 Å². The number of hydrazine groups is 1. The second kappa shape index (κ2) is 9.95. The fraction of sp³-hybridized carbons (Fsp3) is 0.385. The number of nitrogens with zero attached hydrogens (tertiary/aromatic N) is 6. The Morgan fingerprint density at radius 2 is 1.95 bits per heavy atom. The van der Waals surface area contributed by atoms with Gasteiger partial charge in [-0.15, -0.1) is 5.10 Å². The third kappa shape index (κ3) is 4.31. The highest BCUT2D eigenvalue weighted by Crippen LogP contribution is 2.38. The van der Waals surface area contributed by atoms with E-state index in [9.17, 15) is 4.79 Å². The summed E-state index contributed by atoms with van der Waals surface area (Å²) in [6.45, 7) is 10.3. The van der Waals surface area contributed by atoms with E-state index in [1.807, 2.05) is 51.2 Å². The van der Waals surface area contributed by atoms with Crippen LogP contribution in [0.4, 0.5) is 11.5 Å². The highest BCUT2D eigenvalue weighted by atomic mass is 16.1. The number of pyridine rings is 1. The van der Waals surface area contributed by atoms with Crippen molar-refractivity contribution in [2.75, 3.05) is 50.0 Å². The topological polar surface area (TPSA) is 157 Å². The van der Waals surface area contributed by atoms with Crippen molar-refractivity contribution >= 4 is 34.3 Å². The van der Waals surface area contributed by atoms with Crippen LogP contribution in [0.15, 0.2) is 52.9 Å². The van der Waals surface area contributed by atoms with Gasteiger partial charge in [0, 0.05) is 67.2 Å². The molecular formula is C26H35N11O. The summed E-state index contributed by atoms with van der Waals surface area (Å²) in [5.74, 6) is 12.6. The molecule has 200 valence electrons. The molecule has 1 spiro atoms. The van der Waals surface area contributed by atoms with Gasteiger partial charge < -0.3 is 26.3 Å². The third-order valence-corrected chi connectivity index (χ3v) is 7.43. The van der Waals surface area contributed by atoms with E-state index < -0.39 is 0 Å². The van der Waals surface area contributed by atoms with Gasteiger partial charge in [-0.25, -0.2) is 10.8 Å². The van der Waals surface area contributed by atoms with Crippen molar-refractivity contribution in [3.05, 3.63) is 47.8 Å². The summed E-state index contributed by atoms with van der Waals surface area (Å²) in [6.07, 6.45) is 1.83. The molecule has 0 atom stereocenters. The van der Waals surface area contributed by atoms with Crippen molar-refractivity contribution in [1.29, 1.82) is 0 Å². The smallest absolute Gasteiger partial charge is 0.255 e. The second-order valence-corrected chi connectivity index (χ2v) is 9.83. The molecule has 3 aliphatic rings. The highest BCUT2D eigenvalue weighted by molar-refractivity contribution is 6.07. The van der Waals surface area contributed by atoms with E-state index in [-0.39, 0.29) is 12.5 Å². The summed E-state index contributed by atoms with van der Waals surface area (Å²) in [4.78, 5) is 21.7. The molecule has 0 bridgehead atoms. The minimum absolute atomic E-state index is 0.199. The Morgan fingerprint density at radius 3 is 2.63 bits per heavy atom. The molecule has 6 rings (SSSR count). The van der Waals surface area contributed by atoms with Crippen molar-refractivity contribution in [2.45, 2.75) is 20.8 Å². The van der Waals surface area contributed by atoms with Crippen LogP contribution in [-0.4, -0.2) is 76.7 Å². The van der Waals surface area contributed by atoms with Gasteiger partial charge in [0.2, 0.25) is 5.96 Å². The largest absolute Gasteiger partial charge is 0.355 e. The molecular weight excluding hydrogens is 482 g/mol. The molecule has 0 saturated carbocycles. The van der Waals surface area contributed by atoms with Gasteiger partial charge in [0.05, 0.1) is 17.6 Å². The zero-order chi connectivity index (χ0) is 27.0. The Balaban J connectivity index is 0.00000144. The lowest BCUT2D eigenvalue weighted by Crippen LogP contribution is -2.71. The maximum Gasteiger partial charge on any atom is 0.255 e. The van der Waals surface area contributed by atoms with Crippen molar-refractivity contribution in [3.8, 4) is 11.3 Å². The SMILES string of the molecule is CC.CC1=C(C(=O)Nc2ccc3[nH]nc(-c4ccnc(N5CC6(CNC6)C5)c4)c3c2)CN(N)/C(=N\N)N1C. The van der Waals surface area contributed by atoms with Crippen LogP contribution in [0.25, 0.3) is 22.2 Å². The van der Waals surface area contributed by atoms with Gasteiger partial charge in [-0.2, -0.15) is 5.10 Å². The number of guanidine groups is 1. The Kier molecular flexibility index (Phi) is 6.67. The molecule has 1 amide bonds. The number of H-pyrrole nitrogens is 1. The number of amides is 1. The van der Waals surface area contributed by atoms with E-state index >= 15 is 0 Å². The summed E-state index contributed by atoms with van der Waals surface area (Å²) in [5, 5.41) is 20.0. The third-order valence-electron chi connectivity index (χ3n) is 7.43. The standard InChI is InChI=1S/C24H29N11O.C2H6/c1-14-18(9-35(26)23(30-25)33(14)2)22(36)29-16-3-4-19-17(8-16)21(32-31-19)15-5-6-28-20(7-15)34-12-24(13-34)10-27-11-24;1-2/h3-8,27H,9-13,25-26H2,1-2H3,(H,29,36)(H,31,32);1-2H3/b30-23-;. The number of hydrogen-bond donors (Lipinski definition) is 5. The monoisotopic (exact) mass is 517 g/mol. The van der Waals surface area contributed by atoms with Crippen LogP contribution < -0.4 is 27.2 Å². The molecule has 12 heteroatoms. The van der Waals surface area contributed by atoms with E-state index in [2.05, 4.69) is 41.9 Å². The number of benzene rings is 1. The van der Waals surface area contributed by atoms with Gasteiger partial charge in [-0.1, -0.05) is 13.8 Å². The summed E-state index contributed by atoms with van der Waals surface area (Å²) in [7, 11) is 1.77. The number of rotatable bonds is 4. The van der Waals surface area contributed by atoms with Gasteiger partial charge in [0.25, 0.3) is 5.91 Å². The first kappa shape index (κ1) is 25.5. The van der Waals surface area contributed by atoms with Crippen molar-refractivity contribution in [3.63, 3.8) is 0 Å². The minimum atomic E-state index is -0.237. The highest BCUT2D eigenvalue weighted by Gasteiger charge is 2.48. The zero-order valence-corrected chi connectivity index (χ0v) is 22.2. The van der Waals surface area contributed by atoms with Crippen LogP contribution in [0.3, 0.4) is 0 Å². The first-order valence-corrected chi connectivity index (χ1v) is 12.8. The van der Waals surface area contributed by atoms with Crippen LogP contribution in [0.5, 0.6) is 0 Å². The molecule has 0 unspecified atom stereocenters. The number of nitrogens with one attached hydrogen (secondary N) is 3. The van der Waals surface area contributed by atoms with Crippen LogP contribution in [0.2, 0.25) is 0 Å². The first-order chi connectivity index (χ1) is 18.4. The van der Waals surface area contributed by atoms with Gasteiger partial charge in [-0.05, 0) is 37.3 Å². The molecule has 2 saturated heterocycles. The molecule has 0 aliphatic carbocycles. The lowest BCUT2D eigenvalue weighted by molar-refractivity contribution is -0.113. The Labute approximate surface area is 221 Å². The van der Waals surface area contributed by atoms with Gasteiger partial charge in [-0.3, -0.25) is 14.9 Å². The second-order valence-electron chi connectivity index (χ2n) is 9.83. The summed E-state index contributed by atoms with van der Waals surface area (Å²) in [6, 6.07) is 9.73. The number of nitrogens with two attached hydrogens (primary N) is 2. The number of carbonyl (C=O) groups is 1. The molecule has 2 aromatic heterocycles. The molecule has 3 aromatic rings. The molecule has 1 aromatic carbocycles. The van der Waals surface area contributed by atoms with Gasteiger partial charge in [0.15, 0.2) is 0 Å². The van der Waals surface area contributed by atoms with E-state index in [0.29, 0.717) is 22.6 Å². The number of fused-ring (bicyclic) bond motifs is 1. The van der Waals surface area contributed by atoms with Gasteiger partial charge in [0.1, 0.15) is 11.5 Å². The Bertz CT molecular complexity index is 1410. The molecule has 7 N–H and O–H groups in total. The van der Waals surface area contributed by atoms with Crippen molar-refractivity contribution in [2.24, 2.45) is 22.2 Å². The summed E-state index contributed by atoms with van der Waals surface area (Å²) < 4.78 is 0. The molecule has 2 fully saturated rings. The average Bonchev–Trinajstić information content (AvgIpc) is 3.29. The molecule has 12 nitrogen and oxygen atoms in total. The molecule has 38 heavy (non-hydrogen) atoms. The molecule has 3 aliphatic heterocycles. The van der Waals surface area contributed by atoms with Crippen molar-refractivity contribution in [1.82, 2.24) is 30.4 Å². The number of anilines is 2. The zero-order valence-electron chi connectivity index (χ0n) is 22.2. The summed E-state index contributed by atoms with van der Waals surface area (Å²) in [5.41, 5.74) is 5.03. The first-order valence-electron chi connectivity index (χ1n) is 12.8. The number of carbonyl (C=O) groups excluding carboxylic acids is 1. The van der Waals surface area contributed by atoms with Crippen LogP contribution in [0, 0.1) is 5.41 Å². The van der Waals surface area contributed by atoms with E-state index in [1.165, 1.54) is 5.01 Å². The molecule has 0 radical (unpaired) electrons. The number of allylic oxidation sites excluding steroid dienone is 1. The fourth-order valence-electron chi connectivity index (χ4n) is 5.18. The van der Waals surface area contributed by atoms with E-state index in [0.717, 1.165) is 59.9 Å². The Morgan fingerprint density at radius 1 is 1.18 bits per heavy atom.